The van der Waals surface area contributed by atoms with Crippen molar-refractivity contribution in [1.82, 2.24) is 9.80 Å². The fourth-order valence-corrected chi connectivity index (χ4v) is 3.13. The van der Waals surface area contributed by atoms with Crippen LogP contribution in [0.4, 0.5) is 0 Å². The molecule has 3 nitrogen and oxygen atoms in total. The summed E-state index contributed by atoms with van der Waals surface area (Å²) in [5, 5.41) is 0.770. The van der Waals surface area contributed by atoms with Crippen molar-refractivity contribution in [2.24, 2.45) is 5.73 Å². The lowest BCUT2D eigenvalue weighted by Gasteiger charge is -2.28. The number of likely N-dealkylation sites (N-methyl/N-ethyl adjacent to an activating group) is 1. The van der Waals surface area contributed by atoms with Crippen LogP contribution in [-0.2, 0) is 0 Å². The zero-order valence-electron chi connectivity index (χ0n) is 12.6. The molecule has 1 aliphatic rings. The highest BCUT2D eigenvalue weighted by atomic mass is 35.5. The maximum atomic E-state index is 6.29. The third-order valence-electron chi connectivity index (χ3n) is 4.10. The Balaban J connectivity index is 1.83. The van der Waals surface area contributed by atoms with E-state index in [0.29, 0.717) is 6.04 Å². The van der Waals surface area contributed by atoms with Crippen molar-refractivity contribution in [3.63, 3.8) is 0 Å². The van der Waals surface area contributed by atoms with E-state index < -0.39 is 0 Å². The third-order valence-corrected chi connectivity index (χ3v) is 4.35. The van der Waals surface area contributed by atoms with Crippen LogP contribution in [0.1, 0.15) is 30.9 Å². The minimum absolute atomic E-state index is 0.105. The lowest BCUT2D eigenvalue weighted by atomic mass is 10.0. The summed E-state index contributed by atoms with van der Waals surface area (Å²) in [5.74, 6) is 0. The molecule has 0 radical (unpaired) electrons. The third kappa shape index (κ3) is 4.45. The molecule has 2 unspecified atom stereocenters. The Hall–Kier alpha value is -0.610. The highest BCUT2D eigenvalue weighted by Crippen LogP contribution is 2.22. The van der Waals surface area contributed by atoms with Crippen LogP contribution in [-0.4, -0.2) is 49.6 Å². The topological polar surface area (TPSA) is 32.5 Å². The van der Waals surface area contributed by atoms with Gasteiger partial charge in [-0.3, -0.25) is 4.90 Å². The Morgan fingerprint density at radius 1 is 1.35 bits per heavy atom. The first-order valence-electron chi connectivity index (χ1n) is 7.46. The lowest BCUT2D eigenvalue weighted by Crippen LogP contribution is -2.38. The molecule has 4 heteroatoms. The molecule has 0 aromatic heterocycles. The highest BCUT2D eigenvalue weighted by Gasteiger charge is 2.24. The average molecular weight is 296 g/mol. The molecule has 112 valence electrons. The summed E-state index contributed by atoms with van der Waals surface area (Å²) in [6.45, 7) is 3.45. The van der Waals surface area contributed by atoms with E-state index in [0.717, 1.165) is 24.5 Å². The van der Waals surface area contributed by atoms with E-state index >= 15 is 0 Å². The van der Waals surface area contributed by atoms with Gasteiger partial charge in [-0.2, -0.15) is 0 Å². The monoisotopic (exact) mass is 295 g/mol. The van der Waals surface area contributed by atoms with Crippen LogP contribution in [0.3, 0.4) is 0 Å². The van der Waals surface area contributed by atoms with Gasteiger partial charge in [0.15, 0.2) is 0 Å². The number of halogens is 1. The number of likely N-dealkylation sites (tertiary alicyclic amines) is 1. The molecule has 1 aromatic carbocycles. The largest absolute Gasteiger partial charge is 0.324 e. The zero-order chi connectivity index (χ0) is 14.5. The van der Waals surface area contributed by atoms with Crippen molar-refractivity contribution >= 4 is 11.6 Å². The molecule has 2 atom stereocenters. The predicted octanol–water partition coefficient (Wildman–Crippen LogP) is 2.76. The molecular formula is C16H26ClN3. The number of nitrogens with two attached hydrogens (primary N) is 1. The molecule has 0 aliphatic carbocycles. The first kappa shape index (κ1) is 15.8. The van der Waals surface area contributed by atoms with Crippen molar-refractivity contribution in [1.29, 1.82) is 0 Å². The maximum absolute atomic E-state index is 6.29. The molecule has 1 fully saturated rings. The van der Waals surface area contributed by atoms with Gasteiger partial charge in [0.25, 0.3) is 0 Å². The molecule has 0 saturated carbocycles. The summed E-state index contributed by atoms with van der Waals surface area (Å²) in [5.41, 5.74) is 7.47. The van der Waals surface area contributed by atoms with Crippen molar-refractivity contribution in [2.75, 3.05) is 33.7 Å². The molecule has 1 saturated heterocycles. The molecule has 0 bridgehead atoms. The van der Waals surface area contributed by atoms with Gasteiger partial charge in [-0.1, -0.05) is 23.7 Å². The van der Waals surface area contributed by atoms with Crippen molar-refractivity contribution < 1.29 is 0 Å². The van der Waals surface area contributed by atoms with Gasteiger partial charge in [0, 0.05) is 30.2 Å². The lowest BCUT2D eigenvalue weighted by molar-refractivity contribution is 0.202. The fourth-order valence-electron chi connectivity index (χ4n) is 3.00. The first-order chi connectivity index (χ1) is 9.56. The molecule has 1 aliphatic heterocycles. The average Bonchev–Trinajstić information content (AvgIpc) is 2.83. The molecule has 1 heterocycles. The summed E-state index contributed by atoms with van der Waals surface area (Å²) >= 11 is 5.91. The normalized spacial score (nSPS) is 21.6. The second-order valence-electron chi connectivity index (χ2n) is 6.04. The second kappa shape index (κ2) is 7.41. The first-order valence-corrected chi connectivity index (χ1v) is 7.84. The summed E-state index contributed by atoms with van der Waals surface area (Å²) in [6, 6.07) is 8.71. The molecule has 2 rings (SSSR count). The van der Waals surface area contributed by atoms with Crippen molar-refractivity contribution in [3.8, 4) is 0 Å². The molecule has 0 amide bonds. The standard InChI is InChI=1S/C16H26ClN3/c1-19(2)12-15-4-3-10-20(15)11-9-16(18)13-5-7-14(17)8-6-13/h5-8,15-16H,3-4,9-12,18H2,1-2H3. The van der Waals surface area contributed by atoms with Gasteiger partial charge in [0.2, 0.25) is 0 Å². The van der Waals surface area contributed by atoms with Crippen LogP contribution < -0.4 is 5.73 Å². The summed E-state index contributed by atoms with van der Waals surface area (Å²) < 4.78 is 0. The fraction of sp³-hybridized carbons (Fsp3) is 0.625. The molecular weight excluding hydrogens is 270 g/mol. The van der Waals surface area contributed by atoms with E-state index in [9.17, 15) is 0 Å². The van der Waals surface area contributed by atoms with Crippen molar-refractivity contribution in [3.05, 3.63) is 34.9 Å². The van der Waals surface area contributed by atoms with Crippen LogP contribution in [0.25, 0.3) is 0 Å². The van der Waals surface area contributed by atoms with Gasteiger partial charge in [-0.25, -0.2) is 0 Å². The van der Waals surface area contributed by atoms with Crippen LogP contribution in [0.15, 0.2) is 24.3 Å². The SMILES string of the molecule is CN(C)CC1CCCN1CCC(N)c1ccc(Cl)cc1. The molecule has 1 aromatic rings. The van der Waals surface area contributed by atoms with Gasteiger partial charge in [-0.05, 0) is 57.6 Å². The number of hydrogen-bond acceptors (Lipinski definition) is 3. The Bertz CT molecular complexity index is 405. The van der Waals surface area contributed by atoms with Gasteiger partial charge in [0.05, 0.1) is 0 Å². The van der Waals surface area contributed by atoms with E-state index in [1.807, 2.05) is 24.3 Å². The Kier molecular flexibility index (Phi) is 5.85. The predicted molar refractivity (Wildman–Crippen MR) is 86.1 cm³/mol. The van der Waals surface area contributed by atoms with Gasteiger partial charge in [-0.15, -0.1) is 0 Å². The summed E-state index contributed by atoms with van der Waals surface area (Å²) in [7, 11) is 4.30. The summed E-state index contributed by atoms with van der Waals surface area (Å²) in [4.78, 5) is 4.87. The van der Waals surface area contributed by atoms with Crippen LogP contribution in [0.5, 0.6) is 0 Å². The van der Waals surface area contributed by atoms with E-state index in [2.05, 4.69) is 23.9 Å². The minimum Gasteiger partial charge on any atom is -0.324 e. The van der Waals surface area contributed by atoms with E-state index in [1.165, 1.54) is 24.9 Å². The molecule has 2 N–H and O–H groups in total. The number of benzene rings is 1. The second-order valence-corrected chi connectivity index (χ2v) is 6.48. The Labute approximate surface area is 127 Å². The van der Waals surface area contributed by atoms with Crippen LogP contribution >= 0.6 is 11.6 Å². The smallest absolute Gasteiger partial charge is 0.0406 e. The van der Waals surface area contributed by atoms with Gasteiger partial charge >= 0.3 is 0 Å². The van der Waals surface area contributed by atoms with Crippen LogP contribution in [0.2, 0.25) is 5.02 Å². The van der Waals surface area contributed by atoms with E-state index in [1.54, 1.807) is 0 Å². The summed E-state index contributed by atoms with van der Waals surface area (Å²) in [6.07, 6.45) is 3.63. The van der Waals surface area contributed by atoms with E-state index in [-0.39, 0.29) is 6.04 Å². The van der Waals surface area contributed by atoms with Gasteiger partial charge < -0.3 is 10.6 Å². The number of rotatable bonds is 6. The van der Waals surface area contributed by atoms with Crippen molar-refractivity contribution in [2.45, 2.75) is 31.3 Å². The number of hydrogen-bond donors (Lipinski definition) is 1. The minimum atomic E-state index is 0.105. The molecule has 20 heavy (non-hydrogen) atoms. The van der Waals surface area contributed by atoms with E-state index in [4.69, 9.17) is 17.3 Å². The van der Waals surface area contributed by atoms with Gasteiger partial charge in [0.1, 0.15) is 0 Å². The van der Waals surface area contributed by atoms with Crippen LogP contribution in [0, 0.1) is 0 Å². The molecule has 0 spiro atoms. The quantitative estimate of drug-likeness (QED) is 0.876. The number of nitrogens with zero attached hydrogens (tertiary/aromatic N) is 2. The maximum Gasteiger partial charge on any atom is 0.0406 e. The Morgan fingerprint density at radius 3 is 2.70 bits per heavy atom. The Morgan fingerprint density at radius 2 is 2.05 bits per heavy atom. The zero-order valence-corrected chi connectivity index (χ0v) is 13.3. The highest BCUT2D eigenvalue weighted by molar-refractivity contribution is 6.30.